The van der Waals surface area contributed by atoms with Crippen LogP contribution < -0.4 is 0 Å². The molecular formula is C12H16Cl3NO2S. The molecular weight excluding hydrogens is 329 g/mol. The Morgan fingerprint density at radius 2 is 1.63 bits per heavy atom. The van der Waals surface area contributed by atoms with Gasteiger partial charge in [0, 0.05) is 29.5 Å². The van der Waals surface area contributed by atoms with Gasteiger partial charge in [-0.25, -0.2) is 12.7 Å². The van der Waals surface area contributed by atoms with E-state index in [0.29, 0.717) is 22.5 Å². The van der Waals surface area contributed by atoms with Gasteiger partial charge in [-0.05, 0) is 31.0 Å². The average molecular weight is 345 g/mol. The SMILES string of the molecule is CN(CCCCCCl)S(=O)(=O)c1cc(Cl)cc(Cl)c1. The minimum Gasteiger partial charge on any atom is -0.207 e. The molecule has 19 heavy (non-hydrogen) atoms. The van der Waals surface area contributed by atoms with Crippen molar-refractivity contribution >= 4 is 44.8 Å². The van der Waals surface area contributed by atoms with Gasteiger partial charge in [0.2, 0.25) is 10.0 Å². The number of rotatable bonds is 7. The van der Waals surface area contributed by atoms with Crippen molar-refractivity contribution in [2.75, 3.05) is 19.5 Å². The first-order chi connectivity index (χ1) is 8.87. The monoisotopic (exact) mass is 343 g/mol. The maximum Gasteiger partial charge on any atom is 0.242 e. The van der Waals surface area contributed by atoms with Gasteiger partial charge >= 0.3 is 0 Å². The lowest BCUT2D eigenvalue weighted by atomic mass is 10.2. The van der Waals surface area contributed by atoms with Gasteiger partial charge in [-0.15, -0.1) is 11.6 Å². The molecule has 108 valence electrons. The Morgan fingerprint density at radius 3 is 2.16 bits per heavy atom. The minimum atomic E-state index is -3.54. The summed E-state index contributed by atoms with van der Waals surface area (Å²) in [4.78, 5) is 0.116. The van der Waals surface area contributed by atoms with E-state index in [1.165, 1.54) is 22.5 Å². The summed E-state index contributed by atoms with van der Waals surface area (Å²) in [6.07, 6.45) is 2.56. The Labute approximate surface area is 129 Å². The number of halogens is 3. The van der Waals surface area contributed by atoms with Crippen LogP contribution in [0.4, 0.5) is 0 Å². The van der Waals surface area contributed by atoms with Crippen molar-refractivity contribution in [1.82, 2.24) is 4.31 Å². The summed E-state index contributed by atoms with van der Waals surface area (Å²) in [5, 5.41) is 0.614. The highest BCUT2D eigenvalue weighted by Crippen LogP contribution is 2.24. The number of nitrogens with zero attached hydrogens (tertiary/aromatic N) is 1. The first-order valence-electron chi connectivity index (χ1n) is 5.86. The fraction of sp³-hybridized carbons (Fsp3) is 0.500. The molecule has 0 bridgehead atoms. The Morgan fingerprint density at radius 1 is 1.05 bits per heavy atom. The summed E-state index contributed by atoms with van der Waals surface area (Å²) in [5.74, 6) is 0.598. The summed E-state index contributed by atoms with van der Waals surface area (Å²) >= 11 is 17.2. The fourth-order valence-corrected chi connectivity index (χ4v) is 3.71. The molecule has 1 aromatic carbocycles. The van der Waals surface area contributed by atoms with Crippen molar-refractivity contribution in [3.05, 3.63) is 28.2 Å². The Balaban J connectivity index is 2.79. The predicted octanol–water partition coefficient (Wildman–Crippen LogP) is 4.02. The van der Waals surface area contributed by atoms with Crippen molar-refractivity contribution in [1.29, 1.82) is 0 Å². The predicted molar refractivity (Wildman–Crippen MR) is 80.8 cm³/mol. The Bertz CT molecular complexity index is 499. The van der Waals surface area contributed by atoms with Crippen LogP contribution in [-0.4, -0.2) is 32.2 Å². The quantitative estimate of drug-likeness (QED) is 0.553. The zero-order valence-corrected chi connectivity index (χ0v) is 13.7. The molecule has 0 saturated carbocycles. The maximum absolute atomic E-state index is 12.3. The van der Waals surface area contributed by atoms with Crippen LogP contribution in [-0.2, 0) is 10.0 Å². The summed E-state index contributed by atoms with van der Waals surface area (Å²) in [5.41, 5.74) is 0. The number of unbranched alkanes of at least 4 members (excludes halogenated alkanes) is 2. The van der Waals surface area contributed by atoms with E-state index in [1.54, 1.807) is 7.05 Å². The first-order valence-corrected chi connectivity index (χ1v) is 8.59. The molecule has 0 N–H and O–H groups in total. The second-order valence-electron chi connectivity index (χ2n) is 4.18. The van der Waals surface area contributed by atoms with Gasteiger partial charge in [0.15, 0.2) is 0 Å². The van der Waals surface area contributed by atoms with E-state index in [9.17, 15) is 8.42 Å². The molecule has 0 aliphatic rings. The Kier molecular flexibility index (Phi) is 6.91. The molecule has 0 heterocycles. The van der Waals surface area contributed by atoms with Gasteiger partial charge in [0.1, 0.15) is 0 Å². The summed E-state index contributed by atoms with van der Waals surface area (Å²) in [6.45, 7) is 0.448. The van der Waals surface area contributed by atoms with Gasteiger partial charge in [-0.2, -0.15) is 0 Å². The molecule has 0 aliphatic heterocycles. The molecule has 0 aliphatic carbocycles. The molecule has 0 amide bonds. The molecule has 0 spiro atoms. The lowest BCUT2D eigenvalue weighted by molar-refractivity contribution is 0.454. The smallest absolute Gasteiger partial charge is 0.207 e. The van der Waals surface area contributed by atoms with Crippen molar-refractivity contribution in [3.63, 3.8) is 0 Å². The van der Waals surface area contributed by atoms with Crippen LogP contribution in [0.15, 0.2) is 23.1 Å². The standard InChI is InChI=1S/C12H16Cl3NO2S/c1-16(6-4-2-3-5-13)19(17,18)12-8-10(14)7-11(15)9-12/h7-9H,2-6H2,1H3. The Hall–Kier alpha value is -0.000000000000000111. The van der Waals surface area contributed by atoms with Gasteiger partial charge < -0.3 is 0 Å². The second-order valence-corrected chi connectivity index (χ2v) is 7.48. The van der Waals surface area contributed by atoms with Crippen LogP contribution in [0.3, 0.4) is 0 Å². The highest BCUT2D eigenvalue weighted by Gasteiger charge is 2.21. The average Bonchev–Trinajstić information content (AvgIpc) is 2.33. The molecule has 0 atom stereocenters. The van der Waals surface area contributed by atoms with Crippen LogP contribution in [0.5, 0.6) is 0 Å². The summed E-state index contributed by atoms with van der Waals surface area (Å²) in [7, 11) is -1.99. The van der Waals surface area contributed by atoms with Crippen LogP contribution in [0, 0.1) is 0 Å². The number of hydrogen-bond donors (Lipinski definition) is 0. The molecule has 0 unspecified atom stereocenters. The summed E-state index contributed by atoms with van der Waals surface area (Å²) < 4.78 is 25.9. The largest absolute Gasteiger partial charge is 0.242 e. The van der Waals surface area contributed by atoms with Gasteiger partial charge in [0.25, 0.3) is 0 Å². The number of hydrogen-bond acceptors (Lipinski definition) is 2. The van der Waals surface area contributed by atoms with Crippen molar-refractivity contribution in [2.24, 2.45) is 0 Å². The maximum atomic E-state index is 12.3. The van der Waals surface area contributed by atoms with Crippen molar-refractivity contribution in [3.8, 4) is 0 Å². The van der Waals surface area contributed by atoms with E-state index in [0.717, 1.165) is 19.3 Å². The van der Waals surface area contributed by atoms with E-state index in [1.807, 2.05) is 0 Å². The van der Waals surface area contributed by atoms with E-state index >= 15 is 0 Å². The molecule has 3 nitrogen and oxygen atoms in total. The highest BCUT2D eigenvalue weighted by atomic mass is 35.5. The lowest BCUT2D eigenvalue weighted by Gasteiger charge is -2.17. The molecule has 1 rings (SSSR count). The van der Waals surface area contributed by atoms with Crippen LogP contribution in [0.2, 0.25) is 10.0 Å². The zero-order valence-electron chi connectivity index (χ0n) is 10.6. The van der Waals surface area contributed by atoms with Gasteiger partial charge in [-0.1, -0.05) is 29.6 Å². The van der Waals surface area contributed by atoms with Crippen molar-refractivity contribution in [2.45, 2.75) is 24.2 Å². The third kappa shape index (κ3) is 5.12. The lowest BCUT2D eigenvalue weighted by Crippen LogP contribution is -2.28. The van der Waals surface area contributed by atoms with Gasteiger partial charge in [-0.3, -0.25) is 0 Å². The van der Waals surface area contributed by atoms with Crippen LogP contribution in [0.25, 0.3) is 0 Å². The van der Waals surface area contributed by atoms with E-state index in [2.05, 4.69) is 0 Å². The molecule has 0 aromatic heterocycles. The molecule has 0 radical (unpaired) electrons. The topological polar surface area (TPSA) is 37.4 Å². The molecule has 7 heteroatoms. The molecule has 1 aromatic rings. The van der Waals surface area contributed by atoms with E-state index < -0.39 is 10.0 Å². The third-order valence-electron chi connectivity index (χ3n) is 2.65. The second kappa shape index (κ2) is 7.70. The molecule has 0 saturated heterocycles. The molecule has 0 fully saturated rings. The van der Waals surface area contributed by atoms with Crippen molar-refractivity contribution < 1.29 is 8.42 Å². The highest BCUT2D eigenvalue weighted by molar-refractivity contribution is 7.89. The van der Waals surface area contributed by atoms with E-state index in [-0.39, 0.29) is 4.90 Å². The van der Waals surface area contributed by atoms with Gasteiger partial charge in [0.05, 0.1) is 4.90 Å². The van der Waals surface area contributed by atoms with Crippen LogP contribution in [0.1, 0.15) is 19.3 Å². The van der Waals surface area contributed by atoms with E-state index in [4.69, 9.17) is 34.8 Å². The normalized spacial score (nSPS) is 12.1. The first kappa shape index (κ1) is 17.1. The number of alkyl halides is 1. The zero-order chi connectivity index (χ0) is 14.5. The minimum absolute atomic E-state index is 0.116. The summed E-state index contributed by atoms with van der Waals surface area (Å²) in [6, 6.07) is 4.30. The number of sulfonamides is 1. The fourth-order valence-electron chi connectivity index (χ4n) is 1.58. The number of benzene rings is 1. The van der Waals surface area contributed by atoms with Crippen LogP contribution >= 0.6 is 34.8 Å². The third-order valence-corrected chi connectivity index (χ3v) is 5.19.